The van der Waals surface area contributed by atoms with E-state index < -0.39 is 17.0 Å². The molecular formula is C10H10Na2O5S. The van der Waals surface area contributed by atoms with E-state index in [9.17, 15) is 18.7 Å². The van der Waals surface area contributed by atoms with Crippen LogP contribution in [0.4, 0.5) is 0 Å². The van der Waals surface area contributed by atoms with Gasteiger partial charge in [-0.25, -0.2) is 0 Å². The monoisotopic (exact) mass is 288 g/mol. The molecule has 1 atom stereocenters. The summed E-state index contributed by atoms with van der Waals surface area (Å²) in [4.78, 5) is 10.3. The number of carbonyl (C=O) groups is 1. The van der Waals surface area contributed by atoms with Crippen LogP contribution in [-0.4, -0.2) is 21.3 Å². The van der Waals surface area contributed by atoms with E-state index in [-0.39, 0.29) is 77.0 Å². The average molecular weight is 288 g/mol. The standard InChI is InChI=1S/C10H12O5S.2Na/c1-7-6-8(16(13)14)2-3-9(7)15-5-4-10(11)12;;/h2-3,6H,4-5H2,1H3,(H,11,12)(H,13,14);;/q;2*+1/p-2. The minimum atomic E-state index is -2.27. The van der Waals surface area contributed by atoms with Gasteiger partial charge in [0.25, 0.3) is 0 Å². The van der Waals surface area contributed by atoms with E-state index in [1.54, 1.807) is 6.92 Å². The quantitative estimate of drug-likeness (QED) is 0.397. The Hall–Kier alpha value is 0.600. The summed E-state index contributed by atoms with van der Waals surface area (Å²) in [6.45, 7) is 1.69. The molecule has 0 aromatic heterocycles. The number of carboxylic acids is 1. The summed E-state index contributed by atoms with van der Waals surface area (Å²) in [5.41, 5.74) is 0.639. The Morgan fingerprint density at radius 2 is 2.00 bits per heavy atom. The van der Waals surface area contributed by atoms with E-state index in [1.165, 1.54) is 18.2 Å². The first-order chi connectivity index (χ1) is 7.50. The van der Waals surface area contributed by atoms with Crippen molar-refractivity contribution >= 4 is 17.0 Å². The number of rotatable bonds is 5. The SMILES string of the molecule is Cc1cc(S(=O)[O-])ccc1OCCC(=O)[O-].[Na+].[Na+]. The number of carboxylic acid groups (broad SMARTS) is 1. The molecule has 1 unspecified atom stereocenters. The van der Waals surface area contributed by atoms with Gasteiger partial charge in [-0.05, 0) is 41.8 Å². The van der Waals surface area contributed by atoms with Crippen molar-refractivity contribution in [2.24, 2.45) is 0 Å². The third kappa shape index (κ3) is 7.25. The molecule has 0 spiro atoms. The van der Waals surface area contributed by atoms with E-state index in [4.69, 9.17) is 4.74 Å². The van der Waals surface area contributed by atoms with Gasteiger partial charge in [-0.15, -0.1) is 0 Å². The molecule has 0 bridgehead atoms. The van der Waals surface area contributed by atoms with Crippen molar-refractivity contribution < 1.29 is 82.5 Å². The van der Waals surface area contributed by atoms with E-state index in [0.717, 1.165) is 0 Å². The second-order valence-electron chi connectivity index (χ2n) is 3.13. The second kappa shape index (κ2) is 10.4. The van der Waals surface area contributed by atoms with Crippen LogP contribution in [-0.2, 0) is 15.9 Å². The van der Waals surface area contributed by atoms with Gasteiger partial charge < -0.3 is 19.2 Å². The van der Waals surface area contributed by atoms with Gasteiger partial charge in [0.15, 0.2) is 0 Å². The summed E-state index contributed by atoms with van der Waals surface area (Å²) >= 11 is -2.27. The second-order valence-corrected chi connectivity index (χ2v) is 4.07. The van der Waals surface area contributed by atoms with Gasteiger partial charge in [-0.2, -0.15) is 0 Å². The van der Waals surface area contributed by atoms with Gasteiger partial charge in [0.05, 0.1) is 6.61 Å². The number of aryl methyl sites for hydroxylation is 1. The predicted molar refractivity (Wildman–Crippen MR) is 53.5 cm³/mol. The number of hydrogen-bond donors (Lipinski definition) is 0. The molecule has 88 valence electrons. The molecular weight excluding hydrogens is 278 g/mol. The van der Waals surface area contributed by atoms with Gasteiger partial charge in [0.2, 0.25) is 0 Å². The number of aliphatic carboxylic acids is 1. The molecule has 0 saturated heterocycles. The van der Waals surface area contributed by atoms with Crippen LogP contribution in [0.15, 0.2) is 23.1 Å². The first kappa shape index (κ1) is 20.9. The van der Waals surface area contributed by atoms with Crippen molar-refractivity contribution in [3.05, 3.63) is 23.8 Å². The molecule has 5 nitrogen and oxygen atoms in total. The van der Waals surface area contributed by atoms with Crippen molar-refractivity contribution in [2.75, 3.05) is 6.61 Å². The van der Waals surface area contributed by atoms with Gasteiger partial charge >= 0.3 is 59.1 Å². The van der Waals surface area contributed by atoms with Gasteiger partial charge in [-0.1, -0.05) is 0 Å². The fraction of sp³-hybridized carbons (Fsp3) is 0.300. The topological polar surface area (TPSA) is 89.5 Å². The molecule has 0 heterocycles. The summed E-state index contributed by atoms with van der Waals surface area (Å²) < 4.78 is 26.4. The molecule has 1 aromatic carbocycles. The van der Waals surface area contributed by atoms with Crippen molar-refractivity contribution in [1.29, 1.82) is 0 Å². The molecule has 0 fully saturated rings. The summed E-state index contributed by atoms with van der Waals surface area (Å²) in [6.07, 6.45) is -0.200. The Morgan fingerprint density at radius 3 is 2.44 bits per heavy atom. The van der Waals surface area contributed by atoms with Gasteiger partial charge in [0.1, 0.15) is 5.75 Å². The summed E-state index contributed by atoms with van der Waals surface area (Å²) in [5, 5.41) is 10.1. The Balaban J connectivity index is 0. The maximum Gasteiger partial charge on any atom is 1.00 e. The van der Waals surface area contributed by atoms with Crippen LogP contribution in [0, 0.1) is 6.92 Å². The molecule has 0 aliphatic rings. The molecule has 18 heavy (non-hydrogen) atoms. The maximum absolute atomic E-state index is 10.6. The van der Waals surface area contributed by atoms with Gasteiger partial charge in [0, 0.05) is 17.3 Å². The van der Waals surface area contributed by atoms with Gasteiger partial charge in [-0.3, -0.25) is 4.21 Å². The molecule has 0 saturated carbocycles. The van der Waals surface area contributed by atoms with Crippen molar-refractivity contribution in [2.45, 2.75) is 18.2 Å². The van der Waals surface area contributed by atoms with E-state index in [2.05, 4.69) is 0 Å². The van der Waals surface area contributed by atoms with Crippen molar-refractivity contribution in [3.63, 3.8) is 0 Å². The smallest absolute Gasteiger partial charge is 0.768 e. The minimum Gasteiger partial charge on any atom is -0.768 e. The molecule has 1 aromatic rings. The molecule has 0 amide bonds. The normalized spacial score (nSPS) is 10.8. The fourth-order valence-corrected chi connectivity index (χ4v) is 1.58. The number of carbonyl (C=O) groups excluding carboxylic acids is 1. The van der Waals surface area contributed by atoms with Crippen LogP contribution in [0.5, 0.6) is 5.75 Å². The van der Waals surface area contributed by atoms with E-state index in [0.29, 0.717) is 11.3 Å². The molecule has 8 heteroatoms. The fourth-order valence-electron chi connectivity index (χ4n) is 1.13. The van der Waals surface area contributed by atoms with Crippen molar-refractivity contribution in [3.8, 4) is 5.75 Å². The van der Waals surface area contributed by atoms with Crippen LogP contribution in [0.2, 0.25) is 0 Å². The predicted octanol–water partition coefficient (Wildman–Crippen LogP) is -6.24. The zero-order valence-corrected chi connectivity index (χ0v) is 15.4. The van der Waals surface area contributed by atoms with Crippen molar-refractivity contribution in [1.82, 2.24) is 0 Å². The Labute approximate surface area is 152 Å². The molecule has 0 radical (unpaired) electrons. The Morgan fingerprint density at radius 1 is 1.39 bits per heavy atom. The number of ether oxygens (including phenoxy) is 1. The van der Waals surface area contributed by atoms with Crippen LogP contribution < -0.4 is 69.0 Å². The maximum atomic E-state index is 10.6. The Kier molecular flexibility index (Phi) is 12.1. The summed E-state index contributed by atoms with van der Waals surface area (Å²) in [6, 6.07) is 4.34. The first-order valence-electron chi connectivity index (χ1n) is 4.53. The summed E-state index contributed by atoms with van der Waals surface area (Å²) in [7, 11) is 0. The third-order valence-corrected chi connectivity index (χ3v) is 2.54. The van der Waals surface area contributed by atoms with Crippen LogP contribution in [0.25, 0.3) is 0 Å². The number of hydrogen-bond acceptors (Lipinski definition) is 5. The molecule has 1 rings (SSSR count). The summed E-state index contributed by atoms with van der Waals surface area (Å²) in [5.74, 6) is -0.717. The minimum absolute atomic E-state index is 0. The first-order valence-corrected chi connectivity index (χ1v) is 5.61. The largest absolute Gasteiger partial charge is 1.00 e. The van der Waals surface area contributed by atoms with E-state index in [1.807, 2.05) is 0 Å². The zero-order chi connectivity index (χ0) is 12.1. The van der Waals surface area contributed by atoms with Crippen LogP contribution >= 0.6 is 0 Å². The molecule has 0 N–H and O–H groups in total. The molecule has 0 aliphatic carbocycles. The molecule has 0 aliphatic heterocycles. The van der Waals surface area contributed by atoms with Crippen LogP contribution in [0.3, 0.4) is 0 Å². The van der Waals surface area contributed by atoms with E-state index >= 15 is 0 Å². The Bertz CT molecular complexity index is 425. The zero-order valence-electron chi connectivity index (χ0n) is 10.6. The average Bonchev–Trinajstić information content (AvgIpc) is 2.19. The van der Waals surface area contributed by atoms with Crippen LogP contribution in [0.1, 0.15) is 12.0 Å². The number of benzene rings is 1. The third-order valence-electron chi connectivity index (χ3n) is 1.90.